The molecular weight excluding hydrogens is 246 g/mol. The van der Waals surface area contributed by atoms with Gasteiger partial charge >= 0.3 is 5.97 Å². The van der Waals surface area contributed by atoms with E-state index in [1.54, 1.807) is 4.90 Å². The van der Waals surface area contributed by atoms with E-state index >= 15 is 0 Å². The molecule has 5 heteroatoms. The van der Waals surface area contributed by atoms with Gasteiger partial charge in [0, 0.05) is 13.2 Å². The molecule has 1 amide bonds. The molecule has 0 bridgehead atoms. The van der Waals surface area contributed by atoms with Crippen molar-refractivity contribution in [3.63, 3.8) is 0 Å². The van der Waals surface area contributed by atoms with Gasteiger partial charge in [0.15, 0.2) is 0 Å². The zero-order chi connectivity index (χ0) is 14.5. The third kappa shape index (κ3) is 5.19. The summed E-state index contributed by atoms with van der Waals surface area (Å²) in [5.41, 5.74) is -0.521. The highest BCUT2D eigenvalue weighted by molar-refractivity contribution is 5.86. The Balaban J connectivity index is 2.53. The Hall–Kier alpha value is -1.10. The number of hydrogen-bond donors (Lipinski definition) is 0. The predicted molar refractivity (Wildman–Crippen MR) is 71.7 cm³/mol. The number of rotatable bonds is 5. The van der Waals surface area contributed by atoms with E-state index in [0.29, 0.717) is 19.6 Å². The van der Waals surface area contributed by atoms with Crippen molar-refractivity contribution in [3.8, 4) is 0 Å². The second kappa shape index (κ2) is 6.89. The van der Waals surface area contributed by atoms with Gasteiger partial charge in [-0.2, -0.15) is 0 Å². The summed E-state index contributed by atoms with van der Waals surface area (Å²) < 4.78 is 10.6. The molecule has 0 aliphatic carbocycles. The van der Waals surface area contributed by atoms with Crippen LogP contribution in [0.5, 0.6) is 0 Å². The number of ether oxygens (including phenoxy) is 2. The molecule has 0 aromatic carbocycles. The van der Waals surface area contributed by atoms with E-state index in [1.807, 2.05) is 27.7 Å². The summed E-state index contributed by atoms with van der Waals surface area (Å²) in [5.74, 6) is -0.435. The van der Waals surface area contributed by atoms with Gasteiger partial charge in [-0.3, -0.25) is 4.79 Å². The van der Waals surface area contributed by atoms with Crippen LogP contribution in [0.4, 0.5) is 0 Å². The van der Waals surface area contributed by atoms with Crippen LogP contribution in [0.3, 0.4) is 0 Å². The highest BCUT2D eigenvalue weighted by Crippen LogP contribution is 2.21. The lowest BCUT2D eigenvalue weighted by atomic mass is 10.1. The zero-order valence-electron chi connectivity index (χ0n) is 12.4. The summed E-state index contributed by atoms with van der Waals surface area (Å²) in [6.45, 7) is 8.70. The Morgan fingerprint density at radius 3 is 2.58 bits per heavy atom. The van der Waals surface area contributed by atoms with Gasteiger partial charge in [0.2, 0.25) is 5.91 Å². The number of amides is 1. The molecule has 0 unspecified atom stereocenters. The van der Waals surface area contributed by atoms with Crippen LogP contribution in [0.1, 0.15) is 47.0 Å². The lowest BCUT2D eigenvalue weighted by molar-refractivity contribution is -0.164. The Morgan fingerprint density at radius 2 is 2.00 bits per heavy atom. The first-order valence-corrected chi connectivity index (χ1v) is 6.95. The molecule has 19 heavy (non-hydrogen) atoms. The topological polar surface area (TPSA) is 55.8 Å². The average Bonchev–Trinajstić information content (AvgIpc) is 2.75. The number of hydrogen-bond acceptors (Lipinski definition) is 4. The standard InChI is InChI=1S/C14H25NO4/c1-5-9-18-10-12(16)15-8-6-7-11(15)13(17)19-14(2,3)4/h11H,5-10H2,1-4H3/t11-/m1/s1. The monoisotopic (exact) mass is 271 g/mol. The smallest absolute Gasteiger partial charge is 0.329 e. The number of esters is 1. The predicted octanol–water partition coefficient (Wildman–Crippen LogP) is 1.75. The van der Waals surface area contributed by atoms with Crippen molar-refractivity contribution in [1.29, 1.82) is 0 Å². The van der Waals surface area contributed by atoms with Gasteiger partial charge in [-0.15, -0.1) is 0 Å². The van der Waals surface area contributed by atoms with Crippen LogP contribution >= 0.6 is 0 Å². The van der Waals surface area contributed by atoms with Gasteiger partial charge in [-0.1, -0.05) is 6.92 Å². The normalized spacial score (nSPS) is 19.6. The van der Waals surface area contributed by atoms with Crippen molar-refractivity contribution in [3.05, 3.63) is 0 Å². The second-order valence-electron chi connectivity index (χ2n) is 5.83. The van der Waals surface area contributed by atoms with Gasteiger partial charge in [-0.05, 0) is 40.0 Å². The van der Waals surface area contributed by atoms with Gasteiger partial charge in [0.1, 0.15) is 18.2 Å². The zero-order valence-corrected chi connectivity index (χ0v) is 12.4. The van der Waals surface area contributed by atoms with Crippen molar-refractivity contribution < 1.29 is 19.1 Å². The first-order chi connectivity index (χ1) is 8.85. The van der Waals surface area contributed by atoms with Crippen molar-refractivity contribution in [2.45, 2.75) is 58.6 Å². The maximum atomic E-state index is 12.0. The Labute approximate surface area is 115 Å². The molecule has 1 aliphatic rings. The number of carbonyl (C=O) groups excluding carboxylic acids is 2. The highest BCUT2D eigenvalue weighted by Gasteiger charge is 2.36. The van der Waals surface area contributed by atoms with Crippen LogP contribution in [0.15, 0.2) is 0 Å². The quantitative estimate of drug-likeness (QED) is 0.564. The fourth-order valence-electron chi connectivity index (χ4n) is 2.07. The minimum absolute atomic E-state index is 0.0487. The minimum Gasteiger partial charge on any atom is -0.458 e. The fraction of sp³-hybridized carbons (Fsp3) is 0.857. The van der Waals surface area contributed by atoms with E-state index in [9.17, 15) is 9.59 Å². The van der Waals surface area contributed by atoms with Crippen LogP contribution in [0, 0.1) is 0 Å². The van der Waals surface area contributed by atoms with E-state index < -0.39 is 11.6 Å². The molecule has 1 saturated heterocycles. The van der Waals surface area contributed by atoms with E-state index in [0.717, 1.165) is 12.8 Å². The van der Waals surface area contributed by atoms with Crippen molar-refractivity contribution in [2.75, 3.05) is 19.8 Å². The molecule has 5 nitrogen and oxygen atoms in total. The number of carbonyl (C=O) groups is 2. The van der Waals surface area contributed by atoms with Crippen molar-refractivity contribution in [2.24, 2.45) is 0 Å². The second-order valence-corrected chi connectivity index (χ2v) is 5.83. The molecule has 1 atom stereocenters. The first-order valence-electron chi connectivity index (χ1n) is 6.95. The third-order valence-electron chi connectivity index (χ3n) is 2.83. The molecular formula is C14H25NO4. The minimum atomic E-state index is -0.521. The van der Waals surface area contributed by atoms with Gasteiger partial charge in [0.25, 0.3) is 0 Å². The van der Waals surface area contributed by atoms with Crippen LogP contribution in [-0.4, -0.2) is 48.2 Å². The maximum absolute atomic E-state index is 12.0. The molecule has 1 fully saturated rings. The Bertz CT molecular complexity index is 322. The molecule has 0 radical (unpaired) electrons. The van der Waals surface area contributed by atoms with Crippen LogP contribution in [-0.2, 0) is 19.1 Å². The number of nitrogens with zero attached hydrogens (tertiary/aromatic N) is 1. The lowest BCUT2D eigenvalue weighted by Gasteiger charge is -2.27. The summed E-state index contributed by atoms with van der Waals surface area (Å²) in [4.78, 5) is 25.6. The van der Waals surface area contributed by atoms with E-state index in [4.69, 9.17) is 9.47 Å². The third-order valence-corrected chi connectivity index (χ3v) is 2.83. The SMILES string of the molecule is CCCOCC(=O)N1CCC[C@@H]1C(=O)OC(C)(C)C. The molecule has 1 rings (SSSR count). The summed E-state index contributed by atoms with van der Waals surface area (Å²) in [6.07, 6.45) is 2.39. The number of likely N-dealkylation sites (tertiary alicyclic amines) is 1. The van der Waals surface area contributed by atoms with Crippen LogP contribution < -0.4 is 0 Å². The Morgan fingerprint density at radius 1 is 1.32 bits per heavy atom. The molecule has 1 aliphatic heterocycles. The van der Waals surface area contributed by atoms with Crippen LogP contribution in [0.2, 0.25) is 0 Å². The molecule has 1 heterocycles. The Kier molecular flexibility index (Phi) is 5.79. The largest absolute Gasteiger partial charge is 0.458 e. The fourth-order valence-corrected chi connectivity index (χ4v) is 2.07. The van der Waals surface area contributed by atoms with E-state index in [-0.39, 0.29) is 18.5 Å². The van der Waals surface area contributed by atoms with E-state index in [1.165, 1.54) is 0 Å². The first kappa shape index (κ1) is 16.0. The summed E-state index contributed by atoms with van der Waals surface area (Å²) in [5, 5.41) is 0. The molecule has 0 N–H and O–H groups in total. The molecule has 0 aromatic rings. The molecule has 0 spiro atoms. The van der Waals surface area contributed by atoms with Crippen LogP contribution in [0.25, 0.3) is 0 Å². The maximum Gasteiger partial charge on any atom is 0.329 e. The highest BCUT2D eigenvalue weighted by atomic mass is 16.6. The van der Waals surface area contributed by atoms with E-state index in [2.05, 4.69) is 0 Å². The molecule has 110 valence electrons. The lowest BCUT2D eigenvalue weighted by Crippen LogP contribution is -2.44. The van der Waals surface area contributed by atoms with Crippen molar-refractivity contribution >= 4 is 11.9 Å². The summed E-state index contributed by atoms with van der Waals surface area (Å²) >= 11 is 0. The average molecular weight is 271 g/mol. The van der Waals surface area contributed by atoms with Gasteiger partial charge < -0.3 is 14.4 Å². The molecule has 0 aromatic heterocycles. The van der Waals surface area contributed by atoms with Crippen molar-refractivity contribution in [1.82, 2.24) is 4.90 Å². The van der Waals surface area contributed by atoms with Gasteiger partial charge in [0.05, 0.1) is 0 Å². The summed E-state index contributed by atoms with van der Waals surface area (Å²) in [7, 11) is 0. The van der Waals surface area contributed by atoms with Gasteiger partial charge in [-0.25, -0.2) is 4.79 Å². The molecule has 0 saturated carbocycles. The summed E-state index contributed by atoms with van der Waals surface area (Å²) in [6, 6.07) is -0.447.